The Kier molecular flexibility index (Phi) is 10.8. The van der Waals surface area contributed by atoms with Gasteiger partial charge in [-0.25, -0.2) is 0 Å². The largest absolute Gasteiger partial charge is 0.456 e. The summed E-state index contributed by atoms with van der Waals surface area (Å²) in [6.07, 6.45) is 0. The normalized spacial score (nSPS) is 12.0. The summed E-state index contributed by atoms with van der Waals surface area (Å²) >= 11 is 0. The number of furan rings is 2. The first-order valence-electron chi connectivity index (χ1n) is 31.6. The summed E-state index contributed by atoms with van der Waals surface area (Å²) in [4.78, 5) is 0. The fraction of sp³-hybridized carbons (Fsp3) is 0. The highest BCUT2D eigenvalue weighted by Crippen LogP contribution is 2.49. The number of fused-ring (bicyclic) bond motifs is 19. The molecule has 6 heterocycles. The number of rotatable bonds is 7. The molecule has 0 atom stereocenters. The van der Waals surface area contributed by atoms with E-state index in [9.17, 15) is 10.5 Å². The van der Waals surface area contributed by atoms with Crippen molar-refractivity contribution >= 4 is 131 Å². The minimum absolute atomic E-state index is 0.561. The quantitative estimate of drug-likeness (QED) is 0.159. The van der Waals surface area contributed by atoms with E-state index in [1.165, 1.54) is 0 Å². The molecule has 20 aromatic rings. The van der Waals surface area contributed by atoms with Crippen molar-refractivity contribution in [3.8, 4) is 68.3 Å². The molecular weight excluding hydrogens is 1150 g/mol. The van der Waals surface area contributed by atoms with E-state index in [0.29, 0.717) is 11.1 Å². The average Bonchev–Trinajstić information content (AvgIpc) is 1.55. The summed E-state index contributed by atoms with van der Waals surface area (Å²) in [6.45, 7) is 0. The lowest BCUT2D eigenvalue weighted by molar-refractivity contribution is 0.669. The van der Waals surface area contributed by atoms with Gasteiger partial charge in [0, 0.05) is 86.9 Å². The van der Waals surface area contributed by atoms with Gasteiger partial charge in [0.05, 0.1) is 78.0 Å². The standard InChI is InChI=1S/C86H48N6O2/c87-49-52-20-17-31-61(85(52)91-71-36-12-1-22-55(71)56-23-2-13-37-72(56)91)57-24-3-9-33-68(57)89-73-38-14-7-29-64(73)83-76(89)44-45-79-84(83)65-43-42-51(46-80(65)94-79)54-30-19-40-75-82(54)63-28-6-15-39-74(63)92(75)86-53(50-88)21-18-32-62(86)58-25-4-10-34-69(58)90-70-35-11-5-26-59(70)66-48-81-67(47-77(66)90)60-27-8-16-41-78(60)93-81/h1-48H. The lowest BCUT2D eigenvalue weighted by Crippen LogP contribution is -2.03. The fourth-order valence-electron chi connectivity index (χ4n) is 15.8. The molecule has 20 rings (SSSR count). The van der Waals surface area contributed by atoms with E-state index in [-0.39, 0.29) is 0 Å². The van der Waals surface area contributed by atoms with Gasteiger partial charge in [-0.05, 0) is 114 Å². The third-order valence-corrected chi connectivity index (χ3v) is 19.7. The number of para-hydroxylation sites is 10. The molecule has 0 saturated carbocycles. The van der Waals surface area contributed by atoms with Gasteiger partial charge in [0.25, 0.3) is 0 Å². The Morgan fingerprint density at radius 1 is 0.234 bits per heavy atom. The van der Waals surface area contributed by atoms with E-state index in [2.05, 4.69) is 285 Å². The zero-order valence-electron chi connectivity index (χ0n) is 50.2. The Hall–Kier alpha value is -13.1. The average molecular weight is 1200 g/mol. The topological polar surface area (TPSA) is 93.6 Å². The first kappa shape index (κ1) is 51.7. The van der Waals surface area contributed by atoms with E-state index < -0.39 is 0 Å². The van der Waals surface area contributed by atoms with E-state index in [1.54, 1.807) is 0 Å². The smallest absolute Gasteiger partial charge is 0.136 e. The van der Waals surface area contributed by atoms with Crippen LogP contribution in [0.2, 0.25) is 0 Å². The maximum atomic E-state index is 11.3. The fourth-order valence-corrected chi connectivity index (χ4v) is 15.8. The third-order valence-electron chi connectivity index (χ3n) is 19.7. The Balaban J connectivity index is 0.757. The maximum absolute atomic E-state index is 11.3. The van der Waals surface area contributed by atoms with Crippen molar-refractivity contribution in [1.29, 1.82) is 10.5 Å². The molecule has 8 heteroatoms. The van der Waals surface area contributed by atoms with Crippen LogP contribution >= 0.6 is 0 Å². The highest BCUT2D eigenvalue weighted by Gasteiger charge is 2.28. The molecule has 0 aliphatic heterocycles. The van der Waals surface area contributed by atoms with Gasteiger partial charge in [-0.1, -0.05) is 188 Å². The van der Waals surface area contributed by atoms with Gasteiger partial charge in [-0.15, -0.1) is 0 Å². The summed E-state index contributed by atoms with van der Waals surface area (Å²) in [5.41, 5.74) is 22.3. The van der Waals surface area contributed by atoms with Crippen LogP contribution in [0.1, 0.15) is 11.1 Å². The molecule has 14 aromatic carbocycles. The monoisotopic (exact) mass is 1200 g/mol. The molecule has 8 nitrogen and oxygen atoms in total. The van der Waals surface area contributed by atoms with Gasteiger partial charge in [0.15, 0.2) is 0 Å². The second-order valence-electron chi connectivity index (χ2n) is 24.4. The molecule has 0 aliphatic carbocycles. The summed E-state index contributed by atoms with van der Waals surface area (Å²) < 4.78 is 22.9. The van der Waals surface area contributed by atoms with Gasteiger partial charge in [0.2, 0.25) is 0 Å². The highest BCUT2D eigenvalue weighted by molar-refractivity contribution is 6.28. The predicted molar refractivity (Wildman–Crippen MR) is 384 cm³/mol. The van der Waals surface area contributed by atoms with Crippen LogP contribution in [0.5, 0.6) is 0 Å². The van der Waals surface area contributed by atoms with Crippen molar-refractivity contribution in [3.05, 3.63) is 302 Å². The summed E-state index contributed by atoms with van der Waals surface area (Å²) in [6, 6.07) is 108. The lowest BCUT2D eigenvalue weighted by atomic mass is 9.97. The molecule has 0 saturated heterocycles. The van der Waals surface area contributed by atoms with Crippen molar-refractivity contribution in [2.45, 2.75) is 0 Å². The van der Waals surface area contributed by atoms with E-state index in [4.69, 9.17) is 8.83 Å². The van der Waals surface area contributed by atoms with Crippen LogP contribution in [0, 0.1) is 22.7 Å². The van der Waals surface area contributed by atoms with Gasteiger partial charge in [0.1, 0.15) is 34.5 Å². The van der Waals surface area contributed by atoms with Gasteiger partial charge in [-0.3, -0.25) is 0 Å². The molecule has 434 valence electrons. The van der Waals surface area contributed by atoms with E-state index >= 15 is 0 Å². The number of hydrogen-bond donors (Lipinski definition) is 0. The van der Waals surface area contributed by atoms with E-state index in [0.717, 1.165) is 187 Å². The van der Waals surface area contributed by atoms with Crippen molar-refractivity contribution < 1.29 is 8.83 Å². The summed E-state index contributed by atoms with van der Waals surface area (Å²) in [7, 11) is 0. The van der Waals surface area contributed by atoms with Crippen LogP contribution in [0.4, 0.5) is 0 Å². The summed E-state index contributed by atoms with van der Waals surface area (Å²) in [5, 5.41) is 35.3. The van der Waals surface area contributed by atoms with E-state index in [1.807, 2.05) is 36.4 Å². The molecule has 0 bridgehead atoms. The van der Waals surface area contributed by atoms with Crippen LogP contribution in [0.25, 0.3) is 187 Å². The lowest BCUT2D eigenvalue weighted by Gasteiger charge is -2.19. The number of hydrogen-bond acceptors (Lipinski definition) is 4. The molecule has 0 unspecified atom stereocenters. The minimum atomic E-state index is 0.561. The van der Waals surface area contributed by atoms with Crippen LogP contribution in [-0.4, -0.2) is 18.3 Å². The predicted octanol–water partition coefficient (Wildman–Crippen LogP) is 22.6. The number of nitrogens with zero attached hydrogens (tertiary/aromatic N) is 6. The third kappa shape index (κ3) is 7.13. The highest BCUT2D eigenvalue weighted by atomic mass is 16.3. The van der Waals surface area contributed by atoms with Crippen LogP contribution < -0.4 is 0 Å². The molecule has 0 N–H and O–H groups in total. The SMILES string of the molecule is N#Cc1cccc(-c2ccccc2-n2c3ccccc3c3c4c(ccc32)oc2cc(-c3cccc5c3c3ccccc3n5-c3c(C#N)cccc3-c3ccccc3-n3c5ccccc5c5cc6oc7ccccc7c6cc53)ccc24)c1-n1c2ccccc2c2ccccc21. The van der Waals surface area contributed by atoms with Crippen molar-refractivity contribution in [2.75, 3.05) is 0 Å². The van der Waals surface area contributed by atoms with Crippen molar-refractivity contribution in [3.63, 3.8) is 0 Å². The molecule has 0 aliphatic rings. The van der Waals surface area contributed by atoms with Gasteiger partial charge in [-0.2, -0.15) is 10.5 Å². The second-order valence-corrected chi connectivity index (χ2v) is 24.4. The van der Waals surface area contributed by atoms with Gasteiger partial charge < -0.3 is 27.1 Å². The number of aromatic nitrogens is 4. The van der Waals surface area contributed by atoms with Gasteiger partial charge >= 0.3 is 0 Å². The van der Waals surface area contributed by atoms with Crippen molar-refractivity contribution in [1.82, 2.24) is 18.3 Å². The second kappa shape index (κ2) is 19.7. The van der Waals surface area contributed by atoms with Crippen LogP contribution in [0.15, 0.2) is 300 Å². The molecule has 0 fully saturated rings. The Morgan fingerprint density at radius 2 is 0.670 bits per heavy atom. The first-order chi connectivity index (χ1) is 46.6. The number of benzene rings is 14. The molecular formula is C86H48N6O2. The molecule has 6 aromatic heterocycles. The Bertz CT molecular complexity index is 6730. The van der Waals surface area contributed by atoms with Crippen LogP contribution in [-0.2, 0) is 0 Å². The molecule has 94 heavy (non-hydrogen) atoms. The molecule has 0 amide bonds. The van der Waals surface area contributed by atoms with Crippen molar-refractivity contribution in [2.24, 2.45) is 0 Å². The minimum Gasteiger partial charge on any atom is -0.456 e. The first-order valence-corrected chi connectivity index (χ1v) is 31.6. The number of nitriles is 2. The molecule has 0 spiro atoms. The maximum Gasteiger partial charge on any atom is 0.136 e. The zero-order valence-corrected chi connectivity index (χ0v) is 50.2. The summed E-state index contributed by atoms with van der Waals surface area (Å²) in [5.74, 6) is 0. The zero-order chi connectivity index (χ0) is 61.9. The molecule has 0 radical (unpaired) electrons. The Morgan fingerprint density at radius 3 is 1.31 bits per heavy atom. The van der Waals surface area contributed by atoms with Crippen LogP contribution in [0.3, 0.4) is 0 Å². The Labute approximate surface area is 536 Å².